The van der Waals surface area contributed by atoms with Crippen molar-refractivity contribution in [3.63, 3.8) is 0 Å². The van der Waals surface area contributed by atoms with Crippen LogP contribution in [0.4, 0.5) is 0 Å². The molecule has 1 rings (SSSR count). The Morgan fingerprint density at radius 3 is 2.79 bits per heavy atom. The minimum atomic E-state index is -0.493. The van der Waals surface area contributed by atoms with Crippen LogP contribution in [0.1, 0.15) is 11.8 Å². The highest BCUT2D eigenvalue weighted by Crippen LogP contribution is 2.10. The van der Waals surface area contributed by atoms with Gasteiger partial charge in [-0.15, -0.1) is 11.3 Å². The topological polar surface area (TPSA) is 46.6 Å². The second kappa shape index (κ2) is 4.76. The van der Waals surface area contributed by atoms with Gasteiger partial charge in [0.15, 0.2) is 0 Å². The van der Waals surface area contributed by atoms with Crippen molar-refractivity contribution >= 4 is 23.2 Å². The van der Waals surface area contributed by atoms with E-state index in [-0.39, 0.29) is 12.3 Å². The number of amides is 1. The predicted molar refractivity (Wildman–Crippen MR) is 52.6 cm³/mol. The Hall–Kier alpha value is -1.36. The molecule has 0 aliphatic heterocycles. The molecule has 0 aliphatic rings. The quantitative estimate of drug-likeness (QED) is 0.694. The van der Waals surface area contributed by atoms with E-state index in [0.29, 0.717) is 0 Å². The molecule has 0 bridgehead atoms. The van der Waals surface area contributed by atoms with Gasteiger partial charge >= 0.3 is 5.97 Å². The van der Waals surface area contributed by atoms with Crippen molar-refractivity contribution in [1.29, 1.82) is 0 Å². The van der Waals surface area contributed by atoms with Gasteiger partial charge in [0.05, 0.1) is 6.42 Å². The van der Waals surface area contributed by atoms with Crippen molar-refractivity contribution in [3.8, 4) is 0 Å². The summed E-state index contributed by atoms with van der Waals surface area (Å²) in [4.78, 5) is 27.5. The molecule has 0 saturated heterocycles. The van der Waals surface area contributed by atoms with Crippen molar-refractivity contribution < 1.29 is 14.4 Å². The summed E-state index contributed by atoms with van der Waals surface area (Å²) in [5.74, 6) is -0.727. The zero-order valence-electron chi connectivity index (χ0n) is 8.02. The standard InChI is InChI=1S/C9H11NO3S/c1-7(11)13-10(2)9(12)6-8-4-3-5-14-8/h3-5H,6H2,1-2H3. The number of thiophene rings is 1. The number of hydrogen-bond donors (Lipinski definition) is 0. The minimum Gasteiger partial charge on any atom is -0.339 e. The average Bonchev–Trinajstić information content (AvgIpc) is 2.55. The summed E-state index contributed by atoms with van der Waals surface area (Å²) in [5.41, 5.74) is 0. The third-order valence-electron chi connectivity index (χ3n) is 1.52. The van der Waals surface area contributed by atoms with E-state index in [0.717, 1.165) is 9.94 Å². The largest absolute Gasteiger partial charge is 0.339 e. The van der Waals surface area contributed by atoms with Crippen molar-refractivity contribution in [3.05, 3.63) is 22.4 Å². The third-order valence-corrected chi connectivity index (χ3v) is 2.40. The molecule has 5 heteroatoms. The number of carbonyl (C=O) groups is 2. The molecular formula is C9H11NO3S. The molecule has 1 amide bonds. The van der Waals surface area contributed by atoms with Crippen LogP contribution in [0.5, 0.6) is 0 Å². The Balaban J connectivity index is 2.46. The average molecular weight is 213 g/mol. The highest BCUT2D eigenvalue weighted by atomic mass is 32.1. The molecule has 0 aromatic carbocycles. The zero-order valence-corrected chi connectivity index (χ0v) is 8.84. The number of nitrogens with zero attached hydrogens (tertiary/aromatic N) is 1. The lowest BCUT2D eigenvalue weighted by molar-refractivity contribution is -0.190. The van der Waals surface area contributed by atoms with Crippen LogP contribution in [0.25, 0.3) is 0 Å². The first kappa shape index (κ1) is 10.7. The van der Waals surface area contributed by atoms with Crippen molar-refractivity contribution in [1.82, 2.24) is 5.06 Å². The van der Waals surface area contributed by atoms with Gasteiger partial charge in [-0.25, -0.2) is 0 Å². The number of hydroxylamine groups is 2. The SMILES string of the molecule is CC(=O)ON(C)C(=O)Cc1cccs1. The highest BCUT2D eigenvalue weighted by molar-refractivity contribution is 7.10. The van der Waals surface area contributed by atoms with E-state index in [1.165, 1.54) is 25.3 Å². The number of rotatable bonds is 2. The van der Waals surface area contributed by atoms with Crippen LogP contribution >= 0.6 is 11.3 Å². The normalized spacial score (nSPS) is 9.57. The van der Waals surface area contributed by atoms with Gasteiger partial charge in [-0.1, -0.05) is 6.07 Å². The van der Waals surface area contributed by atoms with Crippen LogP contribution in [0.15, 0.2) is 17.5 Å². The van der Waals surface area contributed by atoms with E-state index >= 15 is 0 Å². The van der Waals surface area contributed by atoms with Gasteiger partial charge in [-0.05, 0) is 11.4 Å². The lowest BCUT2D eigenvalue weighted by atomic mass is 10.3. The summed E-state index contributed by atoms with van der Waals surface area (Å²) in [6.07, 6.45) is 0.265. The highest BCUT2D eigenvalue weighted by Gasteiger charge is 2.12. The smallest absolute Gasteiger partial charge is 0.329 e. The molecule has 0 unspecified atom stereocenters. The Labute approximate surface area is 86.0 Å². The minimum absolute atomic E-state index is 0.234. The fourth-order valence-corrected chi connectivity index (χ4v) is 1.61. The molecule has 1 aromatic heterocycles. The van der Waals surface area contributed by atoms with Crippen LogP contribution in [-0.2, 0) is 20.8 Å². The maximum atomic E-state index is 11.4. The van der Waals surface area contributed by atoms with E-state index in [4.69, 9.17) is 0 Å². The molecule has 14 heavy (non-hydrogen) atoms. The Kier molecular flexibility index (Phi) is 3.64. The van der Waals surface area contributed by atoms with Crippen LogP contribution in [0.3, 0.4) is 0 Å². The summed E-state index contributed by atoms with van der Waals surface area (Å²) >= 11 is 1.50. The Morgan fingerprint density at radius 2 is 2.29 bits per heavy atom. The number of carbonyl (C=O) groups excluding carboxylic acids is 2. The van der Waals surface area contributed by atoms with Crippen molar-refractivity contribution in [2.75, 3.05) is 7.05 Å². The fourth-order valence-electron chi connectivity index (χ4n) is 0.917. The lowest BCUT2D eigenvalue weighted by Crippen LogP contribution is -2.29. The van der Waals surface area contributed by atoms with Crippen LogP contribution < -0.4 is 0 Å². The maximum Gasteiger partial charge on any atom is 0.329 e. The molecule has 0 atom stereocenters. The van der Waals surface area contributed by atoms with E-state index in [2.05, 4.69) is 4.84 Å². The zero-order chi connectivity index (χ0) is 10.6. The summed E-state index contributed by atoms with van der Waals surface area (Å²) in [6.45, 7) is 1.26. The lowest BCUT2D eigenvalue weighted by Gasteiger charge is -2.14. The molecular weight excluding hydrogens is 202 g/mol. The molecule has 0 radical (unpaired) electrons. The molecule has 1 heterocycles. The molecule has 0 aliphatic carbocycles. The van der Waals surface area contributed by atoms with Gasteiger partial charge in [0.2, 0.25) is 0 Å². The van der Waals surface area contributed by atoms with Crippen LogP contribution in [-0.4, -0.2) is 24.0 Å². The van der Waals surface area contributed by atoms with Gasteiger partial charge in [0.25, 0.3) is 5.91 Å². The summed E-state index contributed by atoms with van der Waals surface area (Å²) in [5, 5.41) is 2.86. The van der Waals surface area contributed by atoms with E-state index in [1.807, 2.05) is 17.5 Å². The monoisotopic (exact) mass is 213 g/mol. The van der Waals surface area contributed by atoms with Crippen LogP contribution in [0, 0.1) is 0 Å². The molecule has 0 N–H and O–H groups in total. The molecule has 0 saturated carbocycles. The molecule has 0 spiro atoms. The second-order valence-electron chi connectivity index (χ2n) is 2.73. The molecule has 76 valence electrons. The molecule has 4 nitrogen and oxygen atoms in total. The van der Waals surface area contributed by atoms with Crippen molar-refractivity contribution in [2.24, 2.45) is 0 Å². The Morgan fingerprint density at radius 1 is 1.57 bits per heavy atom. The summed E-state index contributed by atoms with van der Waals surface area (Å²) < 4.78 is 0. The summed E-state index contributed by atoms with van der Waals surface area (Å²) in [6, 6.07) is 3.74. The maximum absolute atomic E-state index is 11.4. The van der Waals surface area contributed by atoms with E-state index in [1.54, 1.807) is 0 Å². The van der Waals surface area contributed by atoms with E-state index in [9.17, 15) is 9.59 Å². The number of hydrogen-bond acceptors (Lipinski definition) is 4. The van der Waals surface area contributed by atoms with Gasteiger partial charge in [0, 0.05) is 18.8 Å². The summed E-state index contributed by atoms with van der Waals surface area (Å²) in [7, 11) is 1.43. The first-order valence-electron chi connectivity index (χ1n) is 4.07. The third kappa shape index (κ3) is 3.18. The fraction of sp³-hybridized carbons (Fsp3) is 0.333. The second-order valence-corrected chi connectivity index (χ2v) is 3.76. The first-order valence-corrected chi connectivity index (χ1v) is 4.95. The van der Waals surface area contributed by atoms with Gasteiger partial charge in [-0.3, -0.25) is 9.59 Å². The van der Waals surface area contributed by atoms with Gasteiger partial charge in [0.1, 0.15) is 0 Å². The van der Waals surface area contributed by atoms with E-state index < -0.39 is 5.97 Å². The first-order chi connectivity index (χ1) is 6.59. The van der Waals surface area contributed by atoms with Crippen LogP contribution in [0.2, 0.25) is 0 Å². The van der Waals surface area contributed by atoms with Gasteiger partial charge in [-0.2, -0.15) is 5.06 Å². The Bertz CT molecular complexity index is 321. The molecule has 0 fully saturated rings. The number of likely N-dealkylation sites (N-methyl/N-ethyl adjacent to an activating group) is 1. The predicted octanol–water partition coefficient (Wildman–Crippen LogP) is 1.23. The van der Waals surface area contributed by atoms with Gasteiger partial charge < -0.3 is 4.84 Å². The van der Waals surface area contributed by atoms with Crippen molar-refractivity contribution in [2.45, 2.75) is 13.3 Å². The molecule has 1 aromatic rings.